The van der Waals surface area contributed by atoms with E-state index < -0.39 is 0 Å². The van der Waals surface area contributed by atoms with Gasteiger partial charge in [-0.2, -0.15) is 5.10 Å². The van der Waals surface area contributed by atoms with Crippen molar-refractivity contribution in [1.29, 1.82) is 0 Å². The summed E-state index contributed by atoms with van der Waals surface area (Å²) in [5.74, 6) is 0.843. The third-order valence-electron chi connectivity index (χ3n) is 4.78. The number of nitrogens with zero attached hydrogens (tertiary/aromatic N) is 6. The van der Waals surface area contributed by atoms with Gasteiger partial charge in [0.2, 0.25) is 0 Å². The Kier molecular flexibility index (Phi) is 3.06. The number of nitrogens with one attached hydrogen (secondary N) is 1. The van der Waals surface area contributed by atoms with Crippen LogP contribution in [0.2, 0.25) is 0 Å². The monoisotopic (exact) mass is 331 g/mol. The lowest BCUT2D eigenvalue weighted by atomic mass is 9.99. The number of imidazole rings is 1. The SMILES string of the molecule is Cc1cccn2nc([C@H]3c4nc[nH]c4CCN3c3cnccn3)cc12. The van der Waals surface area contributed by atoms with Gasteiger partial charge in [0.05, 0.1) is 29.4 Å². The first-order valence-corrected chi connectivity index (χ1v) is 8.31. The van der Waals surface area contributed by atoms with E-state index in [1.54, 1.807) is 24.9 Å². The van der Waals surface area contributed by atoms with E-state index in [-0.39, 0.29) is 6.04 Å². The molecule has 5 heterocycles. The van der Waals surface area contributed by atoms with Crippen molar-refractivity contribution in [2.75, 3.05) is 11.4 Å². The summed E-state index contributed by atoms with van der Waals surface area (Å²) in [4.78, 5) is 18.8. The van der Waals surface area contributed by atoms with Crippen LogP contribution in [0.5, 0.6) is 0 Å². The van der Waals surface area contributed by atoms with Crippen LogP contribution in [0.3, 0.4) is 0 Å². The molecule has 25 heavy (non-hydrogen) atoms. The molecule has 0 saturated heterocycles. The van der Waals surface area contributed by atoms with Crippen LogP contribution in [0.4, 0.5) is 5.82 Å². The highest BCUT2D eigenvalue weighted by atomic mass is 15.3. The van der Waals surface area contributed by atoms with E-state index in [1.807, 2.05) is 16.8 Å². The van der Waals surface area contributed by atoms with Gasteiger partial charge in [0, 0.05) is 37.3 Å². The Balaban J connectivity index is 1.70. The molecule has 4 aromatic heterocycles. The number of hydrogen-bond donors (Lipinski definition) is 1. The predicted octanol–water partition coefficient (Wildman–Crippen LogP) is 2.31. The van der Waals surface area contributed by atoms with Gasteiger partial charge in [-0.25, -0.2) is 14.5 Å². The fourth-order valence-corrected chi connectivity index (χ4v) is 3.57. The van der Waals surface area contributed by atoms with E-state index in [0.29, 0.717) is 0 Å². The van der Waals surface area contributed by atoms with Crippen molar-refractivity contribution in [1.82, 2.24) is 29.5 Å². The van der Waals surface area contributed by atoms with Gasteiger partial charge in [-0.1, -0.05) is 6.07 Å². The van der Waals surface area contributed by atoms with Gasteiger partial charge in [0.25, 0.3) is 0 Å². The van der Waals surface area contributed by atoms with Gasteiger partial charge < -0.3 is 9.88 Å². The lowest BCUT2D eigenvalue weighted by molar-refractivity contribution is 0.609. The van der Waals surface area contributed by atoms with Gasteiger partial charge >= 0.3 is 0 Å². The molecule has 0 spiro atoms. The van der Waals surface area contributed by atoms with Gasteiger partial charge in [0.1, 0.15) is 11.9 Å². The molecular formula is C18H17N7. The van der Waals surface area contributed by atoms with E-state index >= 15 is 0 Å². The van der Waals surface area contributed by atoms with E-state index in [2.05, 4.69) is 43.9 Å². The first-order chi connectivity index (χ1) is 12.3. The number of pyridine rings is 1. The second-order valence-corrected chi connectivity index (χ2v) is 6.27. The quantitative estimate of drug-likeness (QED) is 0.610. The van der Waals surface area contributed by atoms with Crippen molar-refractivity contribution in [2.24, 2.45) is 0 Å². The Labute approximate surface area is 144 Å². The predicted molar refractivity (Wildman–Crippen MR) is 93.4 cm³/mol. The smallest absolute Gasteiger partial charge is 0.147 e. The highest BCUT2D eigenvalue weighted by Gasteiger charge is 2.33. The third-order valence-corrected chi connectivity index (χ3v) is 4.78. The number of aromatic nitrogens is 6. The van der Waals surface area contributed by atoms with Crippen molar-refractivity contribution < 1.29 is 0 Å². The van der Waals surface area contributed by atoms with Gasteiger partial charge in [-0.3, -0.25) is 4.98 Å². The van der Waals surface area contributed by atoms with Crippen LogP contribution in [-0.4, -0.2) is 36.1 Å². The summed E-state index contributed by atoms with van der Waals surface area (Å²) < 4.78 is 1.93. The molecule has 1 aliphatic rings. The molecule has 1 atom stereocenters. The summed E-state index contributed by atoms with van der Waals surface area (Å²) in [5, 5.41) is 4.82. The summed E-state index contributed by atoms with van der Waals surface area (Å²) >= 11 is 0. The zero-order valence-electron chi connectivity index (χ0n) is 13.8. The fourth-order valence-electron chi connectivity index (χ4n) is 3.57. The molecular weight excluding hydrogens is 314 g/mol. The van der Waals surface area contributed by atoms with Crippen LogP contribution in [0, 0.1) is 6.92 Å². The Bertz CT molecular complexity index is 1030. The minimum absolute atomic E-state index is 0.0778. The maximum atomic E-state index is 4.82. The summed E-state index contributed by atoms with van der Waals surface area (Å²) in [6.07, 6.45) is 9.85. The van der Waals surface area contributed by atoms with Crippen LogP contribution < -0.4 is 4.90 Å². The number of aromatic amines is 1. The molecule has 1 N–H and O–H groups in total. The fraction of sp³-hybridized carbons (Fsp3) is 0.222. The first-order valence-electron chi connectivity index (χ1n) is 8.31. The molecule has 7 heteroatoms. The Hall–Kier alpha value is -3.22. The molecule has 0 unspecified atom stereocenters. The third kappa shape index (κ3) is 2.20. The molecule has 0 aromatic carbocycles. The van der Waals surface area contributed by atoms with Gasteiger partial charge in [-0.05, 0) is 24.6 Å². The minimum atomic E-state index is -0.0778. The molecule has 0 fully saturated rings. The highest BCUT2D eigenvalue weighted by molar-refractivity contribution is 5.57. The number of anilines is 1. The average molecular weight is 331 g/mol. The molecule has 4 aromatic rings. The van der Waals surface area contributed by atoms with Gasteiger partial charge in [-0.15, -0.1) is 0 Å². The Morgan fingerprint density at radius 1 is 1.24 bits per heavy atom. The molecule has 0 saturated carbocycles. The van der Waals surface area contributed by atoms with Crippen molar-refractivity contribution in [2.45, 2.75) is 19.4 Å². The van der Waals surface area contributed by atoms with Gasteiger partial charge in [0.15, 0.2) is 0 Å². The second-order valence-electron chi connectivity index (χ2n) is 6.27. The summed E-state index contributed by atoms with van der Waals surface area (Å²) in [6.45, 7) is 2.94. The lowest BCUT2D eigenvalue weighted by Gasteiger charge is -2.34. The van der Waals surface area contributed by atoms with Crippen LogP contribution in [-0.2, 0) is 6.42 Å². The van der Waals surface area contributed by atoms with Crippen LogP contribution in [0.1, 0.15) is 28.7 Å². The van der Waals surface area contributed by atoms with E-state index in [0.717, 1.165) is 35.7 Å². The molecule has 0 radical (unpaired) electrons. The van der Waals surface area contributed by atoms with Crippen LogP contribution in [0.25, 0.3) is 5.52 Å². The molecule has 5 rings (SSSR count). The van der Waals surface area contributed by atoms with E-state index in [9.17, 15) is 0 Å². The van der Waals surface area contributed by atoms with Crippen molar-refractivity contribution >= 4 is 11.3 Å². The van der Waals surface area contributed by atoms with E-state index in [4.69, 9.17) is 5.10 Å². The molecule has 0 aliphatic carbocycles. The standard InChI is InChI=1S/C18H17N7/c1-12-3-2-7-25-15(12)9-14(23-25)18-17-13(21-11-22-17)4-8-24(18)16-10-19-5-6-20-16/h2-3,5-7,9-11,18H,4,8H2,1H3,(H,21,22)/t18-/m0/s1. The first kappa shape index (κ1) is 14.2. The topological polar surface area (TPSA) is 75.0 Å². The van der Waals surface area contributed by atoms with Crippen LogP contribution >= 0.6 is 0 Å². The minimum Gasteiger partial charge on any atom is -0.348 e. The summed E-state index contributed by atoms with van der Waals surface area (Å²) in [7, 11) is 0. The number of hydrogen-bond acceptors (Lipinski definition) is 5. The molecule has 0 amide bonds. The second kappa shape index (κ2) is 5.41. The van der Waals surface area contributed by atoms with Crippen molar-refractivity contribution in [3.63, 3.8) is 0 Å². The maximum Gasteiger partial charge on any atom is 0.147 e. The number of rotatable bonds is 2. The van der Waals surface area contributed by atoms with Crippen LogP contribution in [0.15, 0.2) is 49.3 Å². The maximum absolute atomic E-state index is 4.82. The molecule has 0 bridgehead atoms. The number of aryl methyl sites for hydroxylation is 1. The number of H-pyrrole nitrogens is 1. The van der Waals surface area contributed by atoms with E-state index in [1.165, 1.54) is 11.3 Å². The Morgan fingerprint density at radius 2 is 2.20 bits per heavy atom. The molecule has 1 aliphatic heterocycles. The Morgan fingerprint density at radius 3 is 3.04 bits per heavy atom. The largest absolute Gasteiger partial charge is 0.348 e. The average Bonchev–Trinajstić information content (AvgIpc) is 3.29. The molecule has 124 valence electrons. The van der Waals surface area contributed by atoms with Crippen molar-refractivity contribution in [3.05, 3.63) is 72.0 Å². The molecule has 7 nitrogen and oxygen atoms in total. The summed E-state index contributed by atoms with van der Waals surface area (Å²) in [6, 6.07) is 6.18. The normalized spacial score (nSPS) is 17.0. The summed E-state index contributed by atoms with van der Waals surface area (Å²) in [5.41, 5.74) is 5.45. The lowest BCUT2D eigenvalue weighted by Crippen LogP contribution is -2.37. The van der Waals surface area contributed by atoms with Crippen molar-refractivity contribution in [3.8, 4) is 0 Å². The zero-order valence-corrected chi connectivity index (χ0v) is 13.8. The zero-order chi connectivity index (χ0) is 16.8. The highest BCUT2D eigenvalue weighted by Crippen LogP contribution is 2.35. The number of fused-ring (bicyclic) bond motifs is 2.